The minimum atomic E-state index is -0.294. The number of anilines is 1. The molecule has 7 nitrogen and oxygen atoms in total. The van der Waals surface area contributed by atoms with E-state index in [-0.39, 0.29) is 30.0 Å². The van der Waals surface area contributed by atoms with Crippen molar-refractivity contribution in [1.82, 2.24) is 19.3 Å². The summed E-state index contributed by atoms with van der Waals surface area (Å²) in [7, 11) is 0. The molecule has 1 N–H and O–H groups in total. The molecule has 0 aliphatic carbocycles. The van der Waals surface area contributed by atoms with E-state index in [0.29, 0.717) is 32.6 Å². The molecule has 28 heavy (non-hydrogen) atoms. The summed E-state index contributed by atoms with van der Waals surface area (Å²) >= 11 is 11.9. The lowest BCUT2D eigenvalue weighted by Crippen LogP contribution is -2.28. The highest BCUT2D eigenvalue weighted by Gasteiger charge is 2.21. The maximum atomic E-state index is 12.9. The molecule has 0 fully saturated rings. The maximum Gasteiger partial charge on any atom is 0.264 e. The number of hydrogen-bond acceptors (Lipinski definition) is 4. The Kier molecular flexibility index (Phi) is 5.50. The van der Waals surface area contributed by atoms with Crippen molar-refractivity contribution in [3.8, 4) is 0 Å². The summed E-state index contributed by atoms with van der Waals surface area (Å²) in [6, 6.07) is 4.83. The Morgan fingerprint density at radius 1 is 1.25 bits per heavy atom. The molecule has 0 aliphatic heterocycles. The zero-order chi connectivity index (χ0) is 20.6. The van der Waals surface area contributed by atoms with Crippen LogP contribution in [0.1, 0.15) is 33.0 Å². The molecular formula is C19H21Cl2N5O2. The van der Waals surface area contributed by atoms with E-state index in [1.54, 1.807) is 29.8 Å². The third-order valence-electron chi connectivity index (χ3n) is 4.28. The molecule has 9 heteroatoms. The summed E-state index contributed by atoms with van der Waals surface area (Å²) < 4.78 is 3.22. The number of hydrogen-bond donors (Lipinski definition) is 1. The van der Waals surface area contributed by atoms with Gasteiger partial charge in [-0.05, 0) is 45.9 Å². The molecule has 1 aromatic carbocycles. The average Bonchev–Trinajstić information content (AvgIpc) is 3.01. The lowest BCUT2D eigenvalue weighted by Gasteiger charge is -2.20. The van der Waals surface area contributed by atoms with E-state index in [4.69, 9.17) is 23.2 Å². The number of nitrogens with one attached hydrogen (secondary N) is 1. The van der Waals surface area contributed by atoms with E-state index in [0.717, 1.165) is 0 Å². The number of fused-ring (bicyclic) bond motifs is 1. The lowest BCUT2D eigenvalue weighted by atomic mass is 10.1. The first-order valence-corrected chi connectivity index (χ1v) is 9.54. The molecule has 1 amide bonds. The minimum Gasteiger partial charge on any atom is -0.325 e. The Bertz CT molecular complexity index is 1110. The number of aryl methyl sites for hydroxylation is 1. The van der Waals surface area contributed by atoms with Crippen LogP contribution in [0.15, 0.2) is 29.2 Å². The van der Waals surface area contributed by atoms with Crippen molar-refractivity contribution in [2.75, 3.05) is 5.32 Å². The predicted molar refractivity (Wildman–Crippen MR) is 111 cm³/mol. The quantitative estimate of drug-likeness (QED) is 0.689. The van der Waals surface area contributed by atoms with Crippen molar-refractivity contribution in [2.45, 2.75) is 46.2 Å². The third kappa shape index (κ3) is 4.05. The molecule has 2 aromatic heterocycles. The van der Waals surface area contributed by atoms with Gasteiger partial charge in [0.05, 0.1) is 22.4 Å². The smallest absolute Gasteiger partial charge is 0.264 e. The minimum absolute atomic E-state index is 0.0975. The summed E-state index contributed by atoms with van der Waals surface area (Å²) in [6.45, 7) is 7.93. The molecule has 0 radical (unpaired) electrons. The Balaban J connectivity index is 1.81. The number of aromatic nitrogens is 4. The van der Waals surface area contributed by atoms with Gasteiger partial charge in [0.25, 0.3) is 5.56 Å². The van der Waals surface area contributed by atoms with Gasteiger partial charge in [0.1, 0.15) is 11.2 Å². The van der Waals surface area contributed by atoms with Crippen LogP contribution in [0.3, 0.4) is 0 Å². The van der Waals surface area contributed by atoms with Gasteiger partial charge in [-0.15, -0.1) is 0 Å². The van der Waals surface area contributed by atoms with E-state index in [2.05, 4.69) is 15.4 Å². The maximum absolute atomic E-state index is 12.9. The molecule has 0 spiro atoms. The summed E-state index contributed by atoms with van der Waals surface area (Å²) in [4.78, 5) is 29.7. The standard InChI is InChI=1S/C19H21Cl2N5O2/c1-11-23-17-13(10-22-26(17)19(2,3)4)18(28)25(11)8-7-16(27)24-15-6-5-12(20)9-14(15)21/h5-6,9-10H,7-8H2,1-4H3,(H,24,27). The molecule has 0 saturated heterocycles. The summed E-state index contributed by atoms with van der Waals surface area (Å²) in [5.74, 6) is 0.266. The van der Waals surface area contributed by atoms with Gasteiger partial charge in [-0.3, -0.25) is 14.2 Å². The molecule has 2 heterocycles. The largest absolute Gasteiger partial charge is 0.325 e. The fraction of sp³-hybridized carbons (Fsp3) is 0.368. The molecule has 3 aromatic rings. The number of carbonyl (C=O) groups excluding carboxylic acids is 1. The van der Waals surface area contributed by atoms with Crippen molar-refractivity contribution in [1.29, 1.82) is 0 Å². The molecule has 0 aliphatic rings. The Morgan fingerprint density at radius 2 is 1.96 bits per heavy atom. The van der Waals surface area contributed by atoms with Gasteiger partial charge < -0.3 is 5.32 Å². The topological polar surface area (TPSA) is 81.8 Å². The van der Waals surface area contributed by atoms with Crippen LogP contribution in [-0.2, 0) is 16.9 Å². The average molecular weight is 422 g/mol. The van der Waals surface area contributed by atoms with Crippen molar-refractivity contribution >= 4 is 45.8 Å². The Labute approximate surface area is 172 Å². The molecular weight excluding hydrogens is 401 g/mol. The van der Waals surface area contributed by atoms with Crippen molar-refractivity contribution < 1.29 is 4.79 Å². The van der Waals surface area contributed by atoms with Gasteiger partial charge in [-0.1, -0.05) is 23.2 Å². The highest BCUT2D eigenvalue weighted by Crippen LogP contribution is 2.25. The molecule has 3 rings (SSSR count). The van der Waals surface area contributed by atoms with Crippen molar-refractivity contribution in [2.24, 2.45) is 0 Å². The second-order valence-corrected chi connectivity index (χ2v) is 8.35. The van der Waals surface area contributed by atoms with Crippen LogP contribution in [0.4, 0.5) is 5.69 Å². The number of benzene rings is 1. The second-order valence-electron chi connectivity index (χ2n) is 7.50. The van der Waals surface area contributed by atoms with Crippen LogP contribution in [0.5, 0.6) is 0 Å². The van der Waals surface area contributed by atoms with Crippen LogP contribution in [0, 0.1) is 6.92 Å². The monoisotopic (exact) mass is 421 g/mol. The second kappa shape index (κ2) is 7.56. The molecule has 0 bridgehead atoms. The highest BCUT2D eigenvalue weighted by atomic mass is 35.5. The summed E-state index contributed by atoms with van der Waals surface area (Å²) in [6.07, 6.45) is 1.62. The normalized spacial score (nSPS) is 11.8. The van der Waals surface area contributed by atoms with Crippen molar-refractivity contribution in [3.05, 3.63) is 50.6 Å². The zero-order valence-corrected chi connectivity index (χ0v) is 17.6. The van der Waals surface area contributed by atoms with Gasteiger partial charge in [0, 0.05) is 18.0 Å². The number of carbonyl (C=O) groups is 1. The number of nitrogens with zero attached hydrogens (tertiary/aromatic N) is 4. The number of halogens is 2. The zero-order valence-electron chi connectivity index (χ0n) is 16.1. The lowest BCUT2D eigenvalue weighted by molar-refractivity contribution is -0.116. The molecule has 0 unspecified atom stereocenters. The van der Waals surface area contributed by atoms with Crippen LogP contribution in [0.2, 0.25) is 10.0 Å². The van der Waals surface area contributed by atoms with Crippen LogP contribution < -0.4 is 10.9 Å². The predicted octanol–water partition coefficient (Wildman–Crippen LogP) is 3.99. The van der Waals surface area contributed by atoms with E-state index < -0.39 is 0 Å². The van der Waals surface area contributed by atoms with Gasteiger partial charge in [0.2, 0.25) is 5.91 Å². The number of rotatable bonds is 4. The van der Waals surface area contributed by atoms with Crippen LogP contribution >= 0.6 is 23.2 Å². The SMILES string of the molecule is Cc1nc2c(cnn2C(C)(C)C)c(=O)n1CCC(=O)Nc1ccc(Cl)cc1Cl. The summed E-state index contributed by atoms with van der Waals surface area (Å²) in [5, 5.41) is 8.31. The number of amides is 1. The molecule has 0 saturated carbocycles. The van der Waals surface area contributed by atoms with Crippen LogP contribution in [-0.4, -0.2) is 25.2 Å². The first-order valence-electron chi connectivity index (χ1n) is 8.78. The fourth-order valence-electron chi connectivity index (χ4n) is 2.88. The van der Waals surface area contributed by atoms with Gasteiger partial charge in [0.15, 0.2) is 5.65 Å². The van der Waals surface area contributed by atoms with Gasteiger partial charge in [-0.2, -0.15) is 5.10 Å². The molecule has 148 valence electrons. The van der Waals surface area contributed by atoms with E-state index >= 15 is 0 Å². The van der Waals surface area contributed by atoms with E-state index in [9.17, 15) is 9.59 Å². The van der Waals surface area contributed by atoms with E-state index in [1.165, 1.54) is 10.8 Å². The highest BCUT2D eigenvalue weighted by molar-refractivity contribution is 6.36. The van der Waals surface area contributed by atoms with Gasteiger partial charge >= 0.3 is 0 Å². The summed E-state index contributed by atoms with van der Waals surface area (Å²) in [5.41, 5.74) is 0.511. The Morgan fingerprint density at radius 3 is 2.61 bits per heavy atom. The third-order valence-corrected chi connectivity index (χ3v) is 4.83. The van der Waals surface area contributed by atoms with Gasteiger partial charge in [-0.25, -0.2) is 9.67 Å². The van der Waals surface area contributed by atoms with Crippen LogP contribution in [0.25, 0.3) is 11.0 Å². The van der Waals surface area contributed by atoms with E-state index in [1.807, 2.05) is 20.8 Å². The van der Waals surface area contributed by atoms with Crippen molar-refractivity contribution in [3.63, 3.8) is 0 Å². The first-order chi connectivity index (χ1) is 13.1. The molecule has 0 atom stereocenters. The Hall–Kier alpha value is -2.38. The first kappa shape index (κ1) is 20.4. The fourth-order valence-corrected chi connectivity index (χ4v) is 3.33.